The van der Waals surface area contributed by atoms with Crippen molar-refractivity contribution < 1.29 is 4.79 Å². The van der Waals surface area contributed by atoms with Gasteiger partial charge in [-0.1, -0.05) is 30.3 Å². The van der Waals surface area contributed by atoms with Crippen molar-refractivity contribution in [2.45, 2.75) is 18.8 Å². The van der Waals surface area contributed by atoms with E-state index in [4.69, 9.17) is 0 Å². The quantitative estimate of drug-likeness (QED) is 0.909. The van der Waals surface area contributed by atoms with Crippen molar-refractivity contribution in [2.24, 2.45) is 5.92 Å². The highest BCUT2D eigenvalue weighted by Gasteiger charge is 2.43. The van der Waals surface area contributed by atoms with Gasteiger partial charge in [0.25, 0.3) is 0 Å². The lowest BCUT2D eigenvalue weighted by molar-refractivity contribution is -0.122. The van der Waals surface area contributed by atoms with Crippen LogP contribution in [0.15, 0.2) is 41.2 Å². The molecule has 1 aliphatic rings. The molecule has 1 amide bonds. The maximum Gasteiger partial charge on any atom is 0.223 e. The Morgan fingerprint density at radius 3 is 2.95 bits per heavy atom. The Labute approximate surface area is 116 Å². The van der Waals surface area contributed by atoms with Crippen LogP contribution in [0.4, 0.5) is 0 Å². The SMILES string of the molecule is O=C(NCCc1cscn1)[C@H]1C[C@@H]1c1ccccc1. The van der Waals surface area contributed by atoms with Gasteiger partial charge in [0.2, 0.25) is 5.91 Å². The van der Waals surface area contributed by atoms with Crippen molar-refractivity contribution in [1.82, 2.24) is 10.3 Å². The van der Waals surface area contributed by atoms with Gasteiger partial charge >= 0.3 is 0 Å². The van der Waals surface area contributed by atoms with Crippen LogP contribution in [-0.4, -0.2) is 17.4 Å². The van der Waals surface area contributed by atoms with Crippen LogP contribution in [0.3, 0.4) is 0 Å². The summed E-state index contributed by atoms with van der Waals surface area (Å²) >= 11 is 1.59. The summed E-state index contributed by atoms with van der Waals surface area (Å²) in [5.41, 5.74) is 4.16. The highest BCUT2D eigenvalue weighted by molar-refractivity contribution is 7.07. The van der Waals surface area contributed by atoms with Crippen LogP contribution in [0.1, 0.15) is 23.6 Å². The van der Waals surface area contributed by atoms with Crippen LogP contribution in [0, 0.1) is 5.92 Å². The number of rotatable bonds is 5. The first kappa shape index (κ1) is 12.4. The van der Waals surface area contributed by atoms with Gasteiger partial charge in [0.1, 0.15) is 0 Å². The number of hydrogen-bond acceptors (Lipinski definition) is 3. The lowest BCUT2D eigenvalue weighted by atomic mass is 10.1. The zero-order valence-corrected chi connectivity index (χ0v) is 11.4. The molecule has 1 fully saturated rings. The highest BCUT2D eigenvalue weighted by Crippen LogP contribution is 2.47. The van der Waals surface area contributed by atoms with Crippen LogP contribution in [-0.2, 0) is 11.2 Å². The van der Waals surface area contributed by atoms with Crippen molar-refractivity contribution >= 4 is 17.2 Å². The van der Waals surface area contributed by atoms with Crippen molar-refractivity contribution in [1.29, 1.82) is 0 Å². The number of thiazole rings is 1. The molecular weight excluding hydrogens is 256 g/mol. The fourth-order valence-electron chi connectivity index (χ4n) is 2.36. The summed E-state index contributed by atoms with van der Waals surface area (Å²) in [6, 6.07) is 10.3. The van der Waals surface area contributed by atoms with E-state index >= 15 is 0 Å². The summed E-state index contributed by atoms with van der Waals surface area (Å²) in [5, 5.41) is 5.03. The molecule has 1 aromatic carbocycles. The molecule has 4 heteroatoms. The number of nitrogens with zero attached hydrogens (tertiary/aromatic N) is 1. The highest BCUT2D eigenvalue weighted by atomic mass is 32.1. The monoisotopic (exact) mass is 272 g/mol. The molecule has 0 spiro atoms. The second-order valence-corrected chi connectivity index (χ2v) is 5.60. The standard InChI is InChI=1S/C15H16N2OS/c18-15(16-7-6-12-9-19-10-17-12)14-8-13(14)11-4-2-1-3-5-11/h1-5,9-10,13-14H,6-8H2,(H,16,18)/t13-,14+/m1/s1. The molecule has 0 bridgehead atoms. The summed E-state index contributed by atoms with van der Waals surface area (Å²) in [7, 11) is 0. The molecular formula is C15H16N2OS. The van der Waals surface area contributed by atoms with Crippen LogP contribution in [0.2, 0.25) is 0 Å². The molecule has 0 radical (unpaired) electrons. The summed E-state index contributed by atoms with van der Waals surface area (Å²) in [6.07, 6.45) is 1.80. The number of amides is 1. The summed E-state index contributed by atoms with van der Waals surface area (Å²) in [4.78, 5) is 16.2. The fraction of sp³-hybridized carbons (Fsp3) is 0.333. The van der Waals surface area contributed by atoms with Crippen LogP contribution < -0.4 is 5.32 Å². The lowest BCUT2D eigenvalue weighted by Gasteiger charge is -2.03. The second-order valence-electron chi connectivity index (χ2n) is 4.88. The minimum Gasteiger partial charge on any atom is -0.355 e. The van der Waals surface area contributed by atoms with Crippen molar-refractivity contribution in [3.05, 3.63) is 52.5 Å². The molecule has 0 unspecified atom stereocenters. The maximum absolute atomic E-state index is 12.0. The minimum atomic E-state index is 0.165. The van der Waals surface area contributed by atoms with Crippen molar-refractivity contribution in [3.63, 3.8) is 0 Å². The maximum atomic E-state index is 12.0. The van der Waals surface area contributed by atoms with Crippen molar-refractivity contribution in [2.75, 3.05) is 6.54 Å². The van der Waals surface area contributed by atoms with Gasteiger partial charge in [-0.2, -0.15) is 0 Å². The normalized spacial score (nSPS) is 21.1. The smallest absolute Gasteiger partial charge is 0.223 e. The number of carbonyl (C=O) groups excluding carboxylic acids is 1. The van der Waals surface area contributed by atoms with Crippen LogP contribution in [0.5, 0.6) is 0 Å². The van der Waals surface area contributed by atoms with E-state index in [1.807, 2.05) is 29.1 Å². The van der Waals surface area contributed by atoms with Gasteiger partial charge < -0.3 is 5.32 Å². The fourth-order valence-corrected chi connectivity index (χ4v) is 2.95. The van der Waals surface area contributed by atoms with Gasteiger partial charge in [-0.05, 0) is 17.9 Å². The average molecular weight is 272 g/mol. The van der Waals surface area contributed by atoms with E-state index in [-0.39, 0.29) is 11.8 Å². The van der Waals surface area contributed by atoms with E-state index in [1.165, 1.54) is 5.56 Å². The molecule has 98 valence electrons. The van der Waals surface area contributed by atoms with E-state index in [1.54, 1.807) is 11.3 Å². The topological polar surface area (TPSA) is 42.0 Å². The Kier molecular flexibility index (Phi) is 3.60. The number of nitrogens with one attached hydrogen (secondary N) is 1. The van der Waals surface area contributed by atoms with Crippen molar-refractivity contribution in [3.8, 4) is 0 Å². The largest absolute Gasteiger partial charge is 0.355 e. The second kappa shape index (κ2) is 5.53. The van der Waals surface area contributed by atoms with E-state index in [2.05, 4.69) is 22.4 Å². The molecule has 0 saturated heterocycles. The van der Waals surface area contributed by atoms with E-state index < -0.39 is 0 Å². The van der Waals surface area contributed by atoms with Gasteiger partial charge in [-0.15, -0.1) is 11.3 Å². The Balaban J connectivity index is 1.45. The minimum absolute atomic E-state index is 0.165. The molecule has 2 aromatic rings. The molecule has 1 saturated carbocycles. The first-order valence-corrected chi connectivity index (χ1v) is 7.48. The predicted octanol–water partition coefficient (Wildman–Crippen LogP) is 2.61. The van der Waals surface area contributed by atoms with Crippen LogP contribution in [0.25, 0.3) is 0 Å². The molecule has 1 heterocycles. The van der Waals surface area contributed by atoms with Gasteiger partial charge in [0.05, 0.1) is 11.2 Å². The predicted molar refractivity (Wildman–Crippen MR) is 76.1 cm³/mol. The Morgan fingerprint density at radius 1 is 1.37 bits per heavy atom. The Bertz CT molecular complexity index is 539. The Hall–Kier alpha value is -1.68. The molecule has 1 N–H and O–H groups in total. The zero-order chi connectivity index (χ0) is 13.1. The van der Waals surface area contributed by atoms with Gasteiger partial charge in [-0.3, -0.25) is 4.79 Å². The first-order chi connectivity index (χ1) is 9.34. The third-order valence-electron chi connectivity index (χ3n) is 3.52. The molecule has 1 aromatic heterocycles. The number of aromatic nitrogens is 1. The molecule has 2 atom stereocenters. The molecule has 19 heavy (non-hydrogen) atoms. The first-order valence-electron chi connectivity index (χ1n) is 6.54. The van der Waals surface area contributed by atoms with Gasteiger partial charge in [0.15, 0.2) is 0 Å². The third-order valence-corrected chi connectivity index (χ3v) is 4.15. The summed E-state index contributed by atoms with van der Waals surface area (Å²) in [5.74, 6) is 0.766. The van der Waals surface area contributed by atoms with Gasteiger partial charge in [-0.25, -0.2) is 4.98 Å². The zero-order valence-electron chi connectivity index (χ0n) is 10.6. The average Bonchev–Trinajstić information content (AvgIpc) is 3.09. The number of hydrogen-bond donors (Lipinski definition) is 1. The van der Waals surface area contributed by atoms with E-state index in [0.717, 1.165) is 18.5 Å². The third kappa shape index (κ3) is 3.01. The van der Waals surface area contributed by atoms with Gasteiger partial charge in [0, 0.05) is 24.3 Å². The summed E-state index contributed by atoms with van der Waals surface area (Å²) in [6.45, 7) is 0.681. The summed E-state index contributed by atoms with van der Waals surface area (Å²) < 4.78 is 0. The molecule has 3 nitrogen and oxygen atoms in total. The molecule has 1 aliphatic carbocycles. The van der Waals surface area contributed by atoms with E-state index in [0.29, 0.717) is 12.5 Å². The molecule has 0 aliphatic heterocycles. The van der Waals surface area contributed by atoms with Crippen LogP contribution >= 0.6 is 11.3 Å². The number of benzene rings is 1. The number of carbonyl (C=O) groups is 1. The van der Waals surface area contributed by atoms with E-state index in [9.17, 15) is 4.79 Å². The lowest BCUT2D eigenvalue weighted by Crippen LogP contribution is -2.27. The molecule has 3 rings (SSSR count). The Morgan fingerprint density at radius 2 is 2.21 bits per heavy atom.